The summed E-state index contributed by atoms with van der Waals surface area (Å²) in [5.74, 6) is -0.511. The number of halogens is 2. The van der Waals surface area contributed by atoms with E-state index >= 15 is 0 Å². The highest BCUT2D eigenvalue weighted by Gasteiger charge is 2.35. The van der Waals surface area contributed by atoms with Crippen LogP contribution in [-0.4, -0.2) is 25.6 Å². The lowest BCUT2D eigenvalue weighted by atomic mass is 9.99. The zero-order valence-electron chi connectivity index (χ0n) is 20.8. The summed E-state index contributed by atoms with van der Waals surface area (Å²) < 4.78 is 35.2. The molecule has 1 amide bonds. The van der Waals surface area contributed by atoms with E-state index in [0.29, 0.717) is 47.9 Å². The number of nitrogens with zero attached hydrogens (tertiary/aromatic N) is 5. The number of hydrogen-bond donors (Lipinski definition) is 1. The molecule has 5 aromatic rings. The van der Waals surface area contributed by atoms with Crippen LogP contribution in [0.2, 0.25) is 0 Å². The molecule has 4 heterocycles. The van der Waals surface area contributed by atoms with Crippen molar-refractivity contribution >= 4 is 28.4 Å². The highest BCUT2D eigenvalue weighted by molar-refractivity contribution is 5.95. The minimum atomic E-state index is -1.01. The molecule has 3 aromatic heterocycles. The molecule has 0 radical (unpaired) electrons. The maximum Gasteiger partial charge on any atom is 0.227 e. The fourth-order valence-corrected chi connectivity index (χ4v) is 5.25. The van der Waals surface area contributed by atoms with Crippen LogP contribution in [0.3, 0.4) is 0 Å². The van der Waals surface area contributed by atoms with Crippen molar-refractivity contribution in [3.63, 3.8) is 0 Å². The van der Waals surface area contributed by atoms with Gasteiger partial charge < -0.3 is 15.2 Å². The number of aryl methyl sites for hydroxylation is 2. The normalized spacial score (nSPS) is 15.9. The second-order valence-electron chi connectivity index (χ2n) is 9.42. The number of pyridine rings is 1. The number of hydrogen-bond acceptors (Lipinski definition) is 6. The van der Waals surface area contributed by atoms with Gasteiger partial charge in [0, 0.05) is 23.7 Å². The van der Waals surface area contributed by atoms with Gasteiger partial charge in [-0.05, 0) is 68.7 Å². The van der Waals surface area contributed by atoms with Gasteiger partial charge in [-0.3, -0.25) is 9.36 Å². The third-order valence-corrected chi connectivity index (χ3v) is 6.96. The summed E-state index contributed by atoms with van der Waals surface area (Å²) in [6.07, 6.45) is 3.18. The molecule has 8 nitrogen and oxygen atoms in total. The van der Waals surface area contributed by atoms with E-state index in [1.54, 1.807) is 12.3 Å². The lowest BCUT2D eigenvalue weighted by Crippen LogP contribution is -2.39. The van der Waals surface area contributed by atoms with Gasteiger partial charge in [0.15, 0.2) is 11.6 Å². The van der Waals surface area contributed by atoms with E-state index in [2.05, 4.69) is 10.1 Å². The number of anilines is 2. The molecule has 0 unspecified atom stereocenters. The van der Waals surface area contributed by atoms with Gasteiger partial charge in [0.1, 0.15) is 17.4 Å². The Morgan fingerprint density at radius 1 is 1.03 bits per heavy atom. The number of aromatic nitrogens is 4. The Hall–Kier alpha value is -4.60. The van der Waals surface area contributed by atoms with Crippen LogP contribution in [0.5, 0.6) is 0 Å². The molecule has 1 aliphatic heterocycles. The molecule has 1 atom stereocenters. The number of rotatable bonds is 4. The fraction of sp³-hybridized carbons (Fsp3) is 0.214. The molecule has 2 aromatic carbocycles. The number of piperidine rings is 1. The van der Waals surface area contributed by atoms with Gasteiger partial charge in [-0.25, -0.2) is 18.7 Å². The minimum Gasteiger partial charge on any atom is -0.384 e. The lowest BCUT2D eigenvalue weighted by molar-refractivity contribution is -0.120. The first-order chi connectivity index (χ1) is 18.3. The monoisotopic (exact) mass is 514 g/mol. The number of benzene rings is 2. The van der Waals surface area contributed by atoms with Crippen molar-refractivity contribution in [3.05, 3.63) is 83.6 Å². The third-order valence-electron chi connectivity index (χ3n) is 6.96. The summed E-state index contributed by atoms with van der Waals surface area (Å²) in [5.41, 5.74) is 10.9. The number of fused-ring (bicyclic) bond motifs is 1. The average Bonchev–Trinajstić information content (AvgIpc) is 3.45. The molecule has 6 rings (SSSR count). The molecule has 2 N–H and O–H groups in total. The van der Waals surface area contributed by atoms with E-state index in [1.807, 2.05) is 42.7 Å². The lowest BCUT2D eigenvalue weighted by Gasteiger charge is -2.35. The molecule has 38 heavy (non-hydrogen) atoms. The molecule has 10 heteroatoms. The second kappa shape index (κ2) is 9.05. The van der Waals surface area contributed by atoms with Gasteiger partial charge in [-0.2, -0.15) is 0 Å². The first-order valence-electron chi connectivity index (χ1n) is 12.3. The summed E-state index contributed by atoms with van der Waals surface area (Å²) in [5, 5.41) is 4.07. The summed E-state index contributed by atoms with van der Waals surface area (Å²) >= 11 is 0. The molecular formula is C28H24F2N6O2. The first kappa shape index (κ1) is 23.8. The predicted octanol–water partition coefficient (Wildman–Crippen LogP) is 5.81. The van der Waals surface area contributed by atoms with E-state index < -0.39 is 17.7 Å². The zero-order valence-corrected chi connectivity index (χ0v) is 20.8. The second-order valence-corrected chi connectivity index (χ2v) is 9.42. The molecule has 0 spiro atoms. The van der Waals surface area contributed by atoms with Crippen molar-refractivity contribution in [1.82, 2.24) is 19.7 Å². The summed E-state index contributed by atoms with van der Waals surface area (Å²) in [7, 11) is 0. The van der Waals surface area contributed by atoms with Gasteiger partial charge in [0.25, 0.3) is 0 Å². The first-order valence-corrected chi connectivity index (χ1v) is 12.3. The minimum absolute atomic E-state index is 0.183. The molecule has 1 saturated heterocycles. The molecule has 1 fully saturated rings. The molecular weight excluding hydrogens is 490 g/mol. The van der Waals surface area contributed by atoms with Crippen LogP contribution in [-0.2, 0) is 4.79 Å². The Kier molecular flexibility index (Phi) is 5.67. The largest absolute Gasteiger partial charge is 0.384 e. The van der Waals surface area contributed by atoms with E-state index in [-0.39, 0.29) is 11.6 Å². The smallest absolute Gasteiger partial charge is 0.227 e. The highest BCUT2D eigenvalue weighted by Crippen LogP contribution is 2.39. The number of nitrogens with two attached hydrogens (primary N) is 1. The standard InChI is InChI=1S/C28H24F2N6O2/c1-15-27(16(2)38-34-15)17-6-10-23-22(12-17)33-28(36(23)19-8-11-25(31)32-14-19)24-4-3-5-26(37)35(24)18-7-9-20(29)21(30)13-18/h6-14,24H,3-5H2,1-2H3,(H2,31,32)/t24-/m0/s1. The van der Waals surface area contributed by atoms with E-state index in [4.69, 9.17) is 15.2 Å². The van der Waals surface area contributed by atoms with E-state index in [0.717, 1.165) is 34.5 Å². The average molecular weight is 515 g/mol. The molecule has 192 valence electrons. The van der Waals surface area contributed by atoms with Gasteiger partial charge in [-0.1, -0.05) is 11.2 Å². The zero-order chi connectivity index (χ0) is 26.6. The van der Waals surface area contributed by atoms with Crippen LogP contribution in [0.1, 0.15) is 42.6 Å². The fourth-order valence-electron chi connectivity index (χ4n) is 5.25. The Morgan fingerprint density at radius 2 is 1.84 bits per heavy atom. The number of carbonyl (C=O) groups excluding carboxylic acids is 1. The van der Waals surface area contributed by atoms with Crippen LogP contribution in [0.15, 0.2) is 59.3 Å². The Labute approximate surface area is 216 Å². The molecule has 0 aliphatic carbocycles. The highest BCUT2D eigenvalue weighted by atomic mass is 19.2. The van der Waals surface area contributed by atoms with Crippen molar-refractivity contribution in [2.24, 2.45) is 0 Å². The SMILES string of the molecule is Cc1noc(C)c1-c1ccc2c(c1)nc([C@@H]1CCCC(=O)N1c1ccc(F)c(F)c1)n2-c1ccc(N)nc1. The number of carbonyl (C=O) groups is 1. The van der Waals surface area contributed by atoms with Crippen LogP contribution in [0.25, 0.3) is 27.8 Å². The van der Waals surface area contributed by atoms with Crippen LogP contribution < -0.4 is 10.6 Å². The van der Waals surface area contributed by atoms with Gasteiger partial charge >= 0.3 is 0 Å². The summed E-state index contributed by atoms with van der Waals surface area (Å²) in [6.45, 7) is 3.74. The van der Waals surface area contributed by atoms with Crippen molar-refractivity contribution in [1.29, 1.82) is 0 Å². The topological polar surface area (TPSA) is 103 Å². The number of nitrogen functional groups attached to an aromatic ring is 1. The van der Waals surface area contributed by atoms with Crippen LogP contribution in [0, 0.1) is 25.5 Å². The van der Waals surface area contributed by atoms with Crippen molar-refractivity contribution in [3.8, 4) is 16.8 Å². The third kappa shape index (κ3) is 3.89. The predicted molar refractivity (Wildman–Crippen MR) is 139 cm³/mol. The van der Waals surface area contributed by atoms with Crippen LogP contribution in [0.4, 0.5) is 20.3 Å². The molecule has 1 aliphatic rings. The maximum absolute atomic E-state index is 14.2. The molecule has 0 bridgehead atoms. The maximum atomic E-state index is 14.2. The van der Waals surface area contributed by atoms with Gasteiger partial charge in [-0.15, -0.1) is 0 Å². The van der Waals surface area contributed by atoms with E-state index in [9.17, 15) is 13.6 Å². The Balaban J connectivity index is 1.57. The Bertz CT molecular complexity index is 1670. The quantitative estimate of drug-likeness (QED) is 0.325. The van der Waals surface area contributed by atoms with Crippen molar-refractivity contribution < 1.29 is 18.1 Å². The summed E-state index contributed by atoms with van der Waals surface area (Å²) in [6, 6.07) is 12.4. The van der Waals surface area contributed by atoms with Crippen LogP contribution >= 0.6 is 0 Å². The molecule has 0 saturated carbocycles. The van der Waals surface area contributed by atoms with Crippen molar-refractivity contribution in [2.75, 3.05) is 10.6 Å². The van der Waals surface area contributed by atoms with E-state index in [1.165, 1.54) is 11.0 Å². The number of amides is 1. The van der Waals surface area contributed by atoms with Gasteiger partial charge in [0.05, 0.1) is 34.7 Å². The van der Waals surface area contributed by atoms with Crippen molar-refractivity contribution in [2.45, 2.75) is 39.2 Å². The summed E-state index contributed by atoms with van der Waals surface area (Å²) in [4.78, 5) is 24.0. The van der Waals surface area contributed by atoms with Gasteiger partial charge in [0.2, 0.25) is 5.91 Å². The number of imidazole rings is 1. The Morgan fingerprint density at radius 3 is 2.55 bits per heavy atom.